The van der Waals surface area contributed by atoms with E-state index in [1.165, 1.54) is 22.3 Å². The van der Waals surface area contributed by atoms with Gasteiger partial charge in [-0.2, -0.15) is 0 Å². The van der Waals surface area contributed by atoms with Crippen LogP contribution in [0.15, 0.2) is 35.2 Å². The molecule has 1 amide bonds. The highest BCUT2D eigenvalue weighted by Gasteiger charge is 2.36. The lowest BCUT2D eigenvalue weighted by atomic mass is 9.85. The molecule has 0 spiro atoms. The summed E-state index contributed by atoms with van der Waals surface area (Å²) < 4.78 is 15.3. The molecular formula is C33H56N2O2S. The van der Waals surface area contributed by atoms with Crippen LogP contribution in [0.3, 0.4) is 0 Å². The fraction of sp³-hybridized carbons (Fsp3) is 0.606. The summed E-state index contributed by atoms with van der Waals surface area (Å²) in [5.41, 5.74) is 6.67. The van der Waals surface area contributed by atoms with E-state index in [-0.39, 0.29) is 22.9 Å². The monoisotopic (exact) mass is 544 g/mol. The Morgan fingerprint density at radius 3 is 1.84 bits per heavy atom. The summed E-state index contributed by atoms with van der Waals surface area (Å²) >= 11 is 0. The molecule has 1 N–H and O–H groups in total. The van der Waals surface area contributed by atoms with Crippen molar-refractivity contribution in [2.75, 3.05) is 7.05 Å². The van der Waals surface area contributed by atoms with E-state index in [0.717, 1.165) is 16.0 Å². The lowest BCUT2D eigenvalue weighted by molar-refractivity contribution is 0.0754. The predicted octanol–water partition coefficient (Wildman–Crippen LogP) is 8.80. The summed E-state index contributed by atoms with van der Waals surface area (Å²) in [6.45, 7) is 31.2. The summed E-state index contributed by atoms with van der Waals surface area (Å²) in [5.74, 6) is 0.507. The summed E-state index contributed by atoms with van der Waals surface area (Å²) in [6.07, 6.45) is 0. The van der Waals surface area contributed by atoms with Gasteiger partial charge in [-0.05, 0) is 81.7 Å². The smallest absolute Gasteiger partial charge is 0.253 e. The van der Waals surface area contributed by atoms with Gasteiger partial charge in [0.1, 0.15) is 11.0 Å². The minimum atomic E-state index is -1.06. The first-order valence-electron chi connectivity index (χ1n) is 14.2. The van der Waals surface area contributed by atoms with Gasteiger partial charge >= 0.3 is 0 Å². The third-order valence-electron chi connectivity index (χ3n) is 6.38. The van der Waals surface area contributed by atoms with Gasteiger partial charge in [-0.1, -0.05) is 91.6 Å². The molecule has 0 saturated carbocycles. The zero-order chi connectivity index (χ0) is 30.2. The molecule has 216 valence electrons. The number of hydrogen-bond acceptors (Lipinski definition) is 2. The van der Waals surface area contributed by atoms with Crippen molar-refractivity contribution in [2.45, 2.75) is 132 Å². The maximum absolute atomic E-state index is 12.3. The van der Waals surface area contributed by atoms with Gasteiger partial charge in [0.05, 0.1) is 10.4 Å². The average molecular weight is 545 g/mol. The number of nitrogens with zero attached hydrogens (tertiary/aromatic N) is 1. The van der Waals surface area contributed by atoms with Gasteiger partial charge in [-0.25, -0.2) is 8.93 Å². The van der Waals surface area contributed by atoms with Crippen LogP contribution < -0.4 is 4.72 Å². The normalized spacial score (nSPS) is 15.4. The molecule has 0 fully saturated rings. The number of benzene rings is 2. The van der Waals surface area contributed by atoms with Gasteiger partial charge in [0.2, 0.25) is 0 Å². The number of fused-ring (bicyclic) bond motifs is 1. The Morgan fingerprint density at radius 1 is 0.895 bits per heavy atom. The van der Waals surface area contributed by atoms with Crippen molar-refractivity contribution in [1.82, 2.24) is 9.62 Å². The molecule has 1 aliphatic heterocycles. The summed E-state index contributed by atoms with van der Waals surface area (Å²) in [7, 11) is 0.796. The van der Waals surface area contributed by atoms with Crippen molar-refractivity contribution in [1.29, 1.82) is 0 Å². The third kappa shape index (κ3) is 9.34. The number of aryl methyl sites for hydroxylation is 2. The van der Waals surface area contributed by atoms with E-state index >= 15 is 0 Å². The van der Waals surface area contributed by atoms with Crippen LogP contribution in [0.25, 0.3) is 0 Å². The Hall–Kier alpha value is -1.98. The first-order valence-corrected chi connectivity index (χ1v) is 15.3. The van der Waals surface area contributed by atoms with Crippen LogP contribution in [0.1, 0.15) is 134 Å². The summed E-state index contributed by atoms with van der Waals surface area (Å²) in [4.78, 5) is 15.1. The van der Waals surface area contributed by atoms with Crippen LogP contribution in [0, 0.1) is 13.8 Å². The maximum atomic E-state index is 12.3. The van der Waals surface area contributed by atoms with E-state index < -0.39 is 11.0 Å². The predicted molar refractivity (Wildman–Crippen MR) is 168 cm³/mol. The van der Waals surface area contributed by atoms with Crippen LogP contribution in [0.5, 0.6) is 0 Å². The van der Waals surface area contributed by atoms with Crippen molar-refractivity contribution in [3.05, 3.63) is 63.7 Å². The number of carbonyl (C=O) groups is 1. The molecule has 1 heterocycles. The van der Waals surface area contributed by atoms with E-state index in [9.17, 15) is 9.00 Å². The molecule has 0 saturated heterocycles. The number of carbonyl (C=O) groups excluding carboxylic acids is 1. The summed E-state index contributed by atoms with van der Waals surface area (Å²) in [5, 5.41) is 0. The van der Waals surface area contributed by atoms with Gasteiger partial charge in [0, 0.05) is 18.7 Å². The first kappa shape index (κ1) is 36.0. The third-order valence-corrected chi connectivity index (χ3v) is 7.90. The minimum Gasteiger partial charge on any atom is -0.339 e. The molecule has 0 aromatic heterocycles. The average Bonchev–Trinajstić information content (AvgIpc) is 3.07. The largest absolute Gasteiger partial charge is 0.339 e. The second kappa shape index (κ2) is 15.0. The van der Waals surface area contributed by atoms with Gasteiger partial charge in [0.25, 0.3) is 5.91 Å². The van der Waals surface area contributed by atoms with Crippen LogP contribution in [0.2, 0.25) is 0 Å². The molecule has 0 aliphatic carbocycles. The standard InChI is InChI=1S/C16H25NO.C13H19NOS.2C2H6/c1-11(2)17(7)15(18)13-8-12(3)9-14(10-13)16(4,5)6;1-8(2)10-6-9(3)7-11-12(10)16(15)14-13(11,4)5;2*1-2/h8-11H,1-7H3;6-8,14H,1-5H3;2*1-2H3. The van der Waals surface area contributed by atoms with Crippen LogP contribution >= 0.6 is 0 Å². The van der Waals surface area contributed by atoms with E-state index in [0.29, 0.717) is 5.92 Å². The van der Waals surface area contributed by atoms with Crippen molar-refractivity contribution in [3.8, 4) is 0 Å². The topological polar surface area (TPSA) is 49.4 Å². The second-order valence-corrected chi connectivity index (χ2v) is 12.9. The van der Waals surface area contributed by atoms with E-state index in [1.54, 1.807) is 4.90 Å². The SMILES string of the molecule is CC.CC.Cc1cc(C(=O)N(C)C(C)C)cc(C(C)(C)C)c1.Cc1cc(C(C)C)c2c(c1)C(C)(C)NS2=O. The number of nitrogens with one attached hydrogen (secondary N) is 1. The van der Waals surface area contributed by atoms with E-state index in [1.807, 2.05) is 67.6 Å². The van der Waals surface area contributed by atoms with Gasteiger partial charge in [-0.15, -0.1) is 0 Å². The fourth-order valence-corrected chi connectivity index (χ4v) is 5.71. The highest BCUT2D eigenvalue weighted by atomic mass is 32.2. The van der Waals surface area contributed by atoms with Crippen LogP contribution in [0.4, 0.5) is 0 Å². The number of hydrogen-bond donors (Lipinski definition) is 1. The highest BCUT2D eigenvalue weighted by molar-refractivity contribution is 7.83. The highest BCUT2D eigenvalue weighted by Crippen LogP contribution is 2.38. The Labute approximate surface area is 237 Å². The molecule has 0 radical (unpaired) electrons. The van der Waals surface area contributed by atoms with Crippen molar-refractivity contribution < 1.29 is 9.00 Å². The number of rotatable bonds is 3. The number of amides is 1. The van der Waals surface area contributed by atoms with Crippen molar-refractivity contribution in [2.24, 2.45) is 0 Å². The lowest BCUT2D eigenvalue weighted by Crippen LogP contribution is -2.33. The van der Waals surface area contributed by atoms with Crippen molar-refractivity contribution >= 4 is 16.9 Å². The Kier molecular flexibility index (Phi) is 14.2. The Bertz CT molecular complexity index is 1080. The molecular weight excluding hydrogens is 488 g/mol. The zero-order valence-electron chi connectivity index (χ0n) is 27.2. The van der Waals surface area contributed by atoms with Crippen LogP contribution in [-0.2, 0) is 21.9 Å². The molecule has 1 unspecified atom stereocenters. The van der Waals surface area contributed by atoms with E-state index in [2.05, 4.69) is 78.3 Å². The van der Waals surface area contributed by atoms with E-state index in [4.69, 9.17) is 0 Å². The Morgan fingerprint density at radius 2 is 1.39 bits per heavy atom. The molecule has 1 aliphatic rings. The quantitative estimate of drug-likeness (QED) is 0.420. The van der Waals surface area contributed by atoms with Crippen molar-refractivity contribution in [3.63, 3.8) is 0 Å². The second-order valence-electron chi connectivity index (χ2n) is 11.7. The molecule has 38 heavy (non-hydrogen) atoms. The van der Waals surface area contributed by atoms with Crippen LogP contribution in [-0.4, -0.2) is 28.1 Å². The molecule has 2 aromatic carbocycles. The molecule has 4 nitrogen and oxygen atoms in total. The summed E-state index contributed by atoms with van der Waals surface area (Å²) in [6, 6.07) is 10.7. The molecule has 1 atom stereocenters. The molecule has 5 heteroatoms. The molecule has 2 aromatic rings. The Balaban J connectivity index is 0.000000639. The zero-order valence-corrected chi connectivity index (χ0v) is 28.0. The molecule has 3 rings (SSSR count). The maximum Gasteiger partial charge on any atom is 0.253 e. The lowest BCUT2D eigenvalue weighted by Gasteiger charge is -2.24. The van der Waals surface area contributed by atoms with Gasteiger partial charge in [0.15, 0.2) is 0 Å². The van der Waals surface area contributed by atoms with Gasteiger partial charge in [-0.3, -0.25) is 4.79 Å². The molecule has 0 bridgehead atoms. The fourth-order valence-electron chi connectivity index (χ4n) is 4.02. The van der Waals surface area contributed by atoms with Gasteiger partial charge < -0.3 is 4.90 Å². The minimum absolute atomic E-state index is 0.0669. The first-order chi connectivity index (χ1) is 17.5.